The summed E-state index contributed by atoms with van der Waals surface area (Å²) in [5, 5.41) is 11.5. The molecule has 1 unspecified atom stereocenters. The lowest BCUT2D eigenvalue weighted by molar-refractivity contribution is -0.123. The van der Waals surface area contributed by atoms with Crippen LogP contribution in [0.3, 0.4) is 0 Å². The number of hydrogen-bond acceptors (Lipinski definition) is 4. The molecule has 0 saturated carbocycles. The van der Waals surface area contributed by atoms with Gasteiger partial charge < -0.3 is 15.2 Å². The van der Waals surface area contributed by atoms with E-state index in [4.69, 9.17) is 9.84 Å². The fourth-order valence-corrected chi connectivity index (χ4v) is 1.97. The van der Waals surface area contributed by atoms with Gasteiger partial charge in [-0.2, -0.15) is 0 Å². The Labute approximate surface area is 118 Å². The lowest BCUT2D eigenvalue weighted by Crippen LogP contribution is -2.30. The predicted octanol–water partition coefficient (Wildman–Crippen LogP) is 1.18. The Balaban J connectivity index is 1.97. The monoisotopic (exact) mass is 274 g/mol. The van der Waals surface area contributed by atoms with E-state index in [0.29, 0.717) is 18.8 Å². The minimum absolute atomic E-state index is 0.0450. The highest BCUT2D eigenvalue weighted by Gasteiger charge is 2.21. The smallest absolute Gasteiger partial charge is 0.230 e. The molecule has 0 aromatic carbocycles. The highest BCUT2D eigenvalue weighted by Crippen LogP contribution is 2.16. The van der Waals surface area contributed by atoms with Crippen molar-refractivity contribution in [3.63, 3.8) is 0 Å². The zero-order chi connectivity index (χ0) is 14.2. The Morgan fingerprint density at radius 2 is 2.50 bits per heavy atom. The molecule has 1 atom stereocenters. The number of pyridine rings is 1. The number of nitrogens with one attached hydrogen (secondary N) is 1. The Morgan fingerprint density at radius 3 is 3.25 bits per heavy atom. The summed E-state index contributed by atoms with van der Waals surface area (Å²) in [4.78, 5) is 16.2. The lowest BCUT2D eigenvalue weighted by atomic mass is 10.0. The van der Waals surface area contributed by atoms with Crippen molar-refractivity contribution in [3.05, 3.63) is 23.9 Å². The number of aliphatic hydroxyl groups is 1. The molecule has 1 aromatic heterocycles. The second-order valence-electron chi connectivity index (χ2n) is 4.61. The summed E-state index contributed by atoms with van der Waals surface area (Å²) in [5.74, 6) is 6.08. The molecule has 1 saturated heterocycles. The number of nitrogens with zero attached hydrogens (tertiary/aromatic N) is 1. The molecule has 0 spiro atoms. The van der Waals surface area contributed by atoms with Crippen molar-refractivity contribution < 1.29 is 14.6 Å². The number of ether oxygens (including phenoxy) is 1. The fourth-order valence-electron chi connectivity index (χ4n) is 1.97. The van der Waals surface area contributed by atoms with Crippen molar-refractivity contribution in [2.24, 2.45) is 5.92 Å². The van der Waals surface area contributed by atoms with Gasteiger partial charge in [0.25, 0.3) is 0 Å². The molecular weight excluding hydrogens is 256 g/mol. The molecule has 1 fully saturated rings. The summed E-state index contributed by atoms with van der Waals surface area (Å²) in [6.07, 6.45) is 3.80. The summed E-state index contributed by atoms with van der Waals surface area (Å²) in [5.41, 5.74) is 0.767. The van der Waals surface area contributed by atoms with Gasteiger partial charge in [-0.25, -0.2) is 4.98 Å². The number of aliphatic hydroxyl groups excluding tert-OH is 1. The SMILES string of the molecule is O=C(Nc1cc(C#CCCO)ccn1)C1CCCOC1. The largest absolute Gasteiger partial charge is 0.395 e. The van der Waals surface area contributed by atoms with Crippen LogP contribution in [-0.2, 0) is 9.53 Å². The van der Waals surface area contributed by atoms with E-state index in [2.05, 4.69) is 22.1 Å². The quantitative estimate of drug-likeness (QED) is 0.812. The van der Waals surface area contributed by atoms with Crippen LogP contribution >= 0.6 is 0 Å². The van der Waals surface area contributed by atoms with Crippen LogP contribution in [0, 0.1) is 17.8 Å². The number of hydrogen-bond donors (Lipinski definition) is 2. The van der Waals surface area contributed by atoms with Crippen molar-refractivity contribution in [2.75, 3.05) is 25.1 Å². The maximum atomic E-state index is 12.0. The zero-order valence-corrected chi connectivity index (χ0v) is 11.3. The number of anilines is 1. The standard InChI is InChI=1S/C15H18N2O3/c18-8-2-1-4-12-6-7-16-14(10-12)17-15(19)13-5-3-9-20-11-13/h6-7,10,13,18H,2-3,5,8-9,11H2,(H,16,17,19). The molecule has 1 aliphatic heterocycles. The van der Waals surface area contributed by atoms with Gasteiger partial charge in [0.1, 0.15) is 5.82 Å². The second-order valence-corrected chi connectivity index (χ2v) is 4.61. The topological polar surface area (TPSA) is 71.5 Å². The van der Waals surface area contributed by atoms with E-state index in [1.54, 1.807) is 18.3 Å². The van der Waals surface area contributed by atoms with E-state index >= 15 is 0 Å². The lowest BCUT2D eigenvalue weighted by Gasteiger charge is -2.20. The number of aromatic nitrogens is 1. The summed E-state index contributed by atoms with van der Waals surface area (Å²) in [6.45, 7) is 1.25. The molecule has 2 N–H and O–H groups in total. The molecule has 0 radical (unpaired) electrons. The van der Waals surface area contributed by atoms with E-state index in [1.165, 1.54) is 0 Å². The summed E-state index contributed by atoms with van der Waals surface area (Å²) in [7, 11) is 0. The zero-order valence-electron chi connectivity index (χ0n) is 11.3. The predicted molar refractivity (Wildman–Crippen MR) is 75.0 cm³/mol. The van der Waals surface area contributed by atoms with Crippen LogP contribution in [0.5, 0.6) is 0 Å². The van der Waals surface area contributed by atoms with Gasteiger partial charge in [0.05, 0.1) is 19.1 Å². The molecule has 0 bridgehead atoms. The van der Waals surface area contributed by atoms with Crippen LogP contribution < -0.4 is 5.32 Å². The van der Waals surface area contributed by atoms with Gasteiger partial charge in [0.15, 0.2) is 0 Å². The average molecular weight is 274 g/mol. The summed E-state index contributed by atoms with van der Waals surface area (Å²) >= 11 is 0. The van der Waals surface area contributed by atoms with Crippen LogP contribution in [0.1, 0.15) is 24.8 Å². The van der Waals surface area contributed by atoms with Gasteiger partial charge in [-0.15, -0.1) is 0 Å². The highest BCUT2D eigenvalue weighted by atomic mass is 16.5. The van der Waals surface area contributed by atoms with Crippen molar-refractivity contribution in [1.82, 2.24) is 4.98 Å². The summed E-state index contributed by atoms with van der Waals surface area (Å²) < 4.78 is 5.30. The number of carbonyl (C=O) groups is 1. The van der Waals surface area contributed by atoms with Crippen molar-refractivity contribution in [3.8, 4) is 11.8 Å². The van der Waals surface area contributed by atoms with Crippen LogP contribution in [0.4, 0.5) is 5.82 Å². The minimum Gasteiger partial charge on any atom is -0.395 e. The van der Waals surface area contributed by atoms with Gasteiger partial charge in [-0.05, 0) is 25.0 Å². The molecule has 1 aromatic rings. The molecule has 1 amide bonds. The number of rotatable bonds is 3. The van der Waals surface area contributed by atoms with Crippen LogP contribution in [0.15, 0.2) is 18.3 Å². The maximum absolute atomic E-state index is 12.0. The highest BCUT2D eigenvalue weighted by molar-refractivity contribution is 5.91. The van der Waals surface area contributed by atoms with E-state index in [-0.39, 0.29) is 18.4 Å². The van der Waals surface area contributed by atoms with E-state index in [0.717, 1.165) is 25.0 Å². The first kappa shape index (κ1) is 14.5. The minimum atomic E-state index is -0.102. The molecule has 106 valence electrons. The molecule has 2 rings (SSSR count). The Morgan fingerprint density at radius 1 is 1.60 bits per heavy atom. The third-order valence-electron chi connectivity index (χ3n) is 3.01. The van der Waals surface area contributed by atoms with Gasteiger partial charge in [-0.1, -0.05) is 11.8 Å². The van der Waals surface area contributed by atoms with E-state index in [1.807, 2.05) is 0 Å². The molecule has 2 heterocycles. The first-order valence-electron chi connectivity index (χ1n) is 6.74. The van der Waals surface area contributed by atoms with Crippen LogP contribution in [0.2, 0.25) is 0 Å². The molecule has 20 heavy (non-hydrogen) atoms. The fraction of sp³-hybridized carbons (Fsp3) is 0.467. The van der Waals surface area contributed by atoms with Gasteiger partial charge >= 0.3 is 0 Å². The molecular formula is C15H18N2O3. The third-order valence-corrected chi connectivity index (χ3v) is 3.01. The first-order chi connectivity index (χ1) is 9.79. The van der Waals surface area contributed by atoms with Crippen LogP contribution in [-0.4, -0.2) is 35.8 Å². The van der Waals surface area contributed by atoms with Crippen LogP contribution in [0.25, 0.3) is 0 Å². The third kappa shape index (κ3) is 4.34. The summed E-state index contributed by atoms with van der Waals surface area (Å²) in [6, 6.07) is 3.50. The molecule has 5 heteroatoms. The molecule has 0 aliphatic carbocycles. The maximum Gasteiger partial charge on any atom is 0.230 e. The number of amides is 1. The van der Waals surface area contributed by atoms with Crippen molar-refractivity contribution in [2.45, 2.75) is 19.3 Å². The Hall–Kier alpha value is -1.90. The van der Waals surface area contributed by atoms with E-state index in [9.17, 15) is 4.79 Å². The Bertz CT molecular complexity index is 513. The van der Waals surface area contributed by atoms with Crippen molar-refractivity contribution in [1.29, 1.82) is 0 Å². The van der Waals surface area contributed by atoms with Crippen molar-refractivity contribution >= 4 is 11.7 Å². The van der Waals surface area contributed by atoms with Gasteiger partial charge in [0, 0.05) is 24.8 Å². The van der Waals surface area contributed by atoms with E-state index < -0.39 is 0 Å². The average Bonchev–Trinajstić information content (AvgIpc) is 2.49. The number of carbonyl (C=O) groups excluding carboxylic acids is 1. The first-order valence-corrected chi connectivity index (χ1v) is 6.74. The normalized spacial score (nSPS) is 17.9. The molecule has 5 nitrogen and oxygen atoms in total. The second kappa shape index (κ2) is 7.63. The van der Waals surface area contributed by atoms with Gasteiger partial charge in [-0.3, -0.25) is 4.79 Å². The van der Waals surface area contributed by atoms with Gasteiger partial charge in [0.2, 0.25) is 5.91 Å². The Kier molecular flexibility index (Phi) is 5.54. The molecule has 1 aliphatic rings.